The van der Waals surface area contributed by atoms with Gasteiger partial charge in [0.05, 0.1) is 4.90 Å². The fraction of sp³-hybridized carbons (Fsp3) is 0.333. The second-order valence-corrected chi connectivity index (χ2v) is 6.57. The van der Waals surface area contributed by atoms with Crippen LogP contribution in [0, 0.1) is 5.82 Å². The van der Waals surface area contributed by atoms with Gasteiger partial charge >= 0.3 is 0 Å². The SMILES string of the molecule is CC(N)c1ccc(Sc2nnc(N(C)C)s2)c(F)c1. The lowest BCUT2D eigenvalue weighted by atomic mass is 10.1. The van der Waals surface area contributed by atoms with Gasteiger partial charge in [0.25, 0.3) is 0 Å². The van der Waals surface area contributed by atoms with Gasteiger partial charge in [-0.25, -0.2) is 4.39 Å². The molecule has 0 saturated carbocycles. The molecule has 1 heterocycles. The van der Waals surface area contributed by atoms with Crippen molar-refractivity contribution in [2.45, 2.75) is 22.2 Å². The number of rotatable bonds is 4. The molecule has 0 bridgehead atoms. The molecule has 102 valence electrons. The number of aromatic nitrogens is 2. The van der Waals surface area contributed by atoms with E-state index in [9.17, 15) is 4.39 Å². The summed E-state index contributed by atoms with van der Waals surface area (Å²) in [7, 11) is 3.79. The van der Waals surface area contributed by atoms with Gasteiger partial charge in [0.1, 0.15) is 5.82 Å². The molecule has 7 heteroatoms. The highest BCUT2D eigenvalue weighted by Gasteiger charge is 2.11. The fourth-order valence-electron chi connectivity index (χ4n) is 1.40. The van der Waals surface area contributed by atoms with Gasteiger partial charge in [-0.2, -0.15) is 0 Å². The van der Waals surface area contributed by atoms with Crippen molar-refractivity contribution in [1.29, 1.82) is 0 Å². The molecule has 0 aliphatic carbocycles. The first-order chi connectivity index (χ1) is 8.97. The maximum absolute atomic E-state index is 13.9. The van der Waals surface area contributed by atoms with E-state index >= 15 is 0 Å². The van der Waals surface area contributed by atoms with E-state index < -0.39 is 0 Å². The third kappa shape index (κ3) is 3.43. The predicted octanol–water partition coefficient (Wildman–Crippen LogP) is 2.91. The molecule has 2 rings (SSSR count). The van der Waals surface area contributed by atoms with Crippen molar-refractivity contribution in [1.82, 2.24) is 10.2 Å². The molecule has 0 radical (unpaired) electrons. The van der Waals surface area contributed by atoms with E-state index in [1.165, 1.54) is 29.2 Å². The van der Waals surface area contributed by atoms with E-state index in [1.807, 2.05) is 32.0 Å². The van der Waals surface area contributed by atoms with Gasteiger partial charge in [0.15, 0.2) is 4.34 Å². The molecule has 0 aliphatic rings. The summed E-state index contributed by atoms with van der Waals surface area (Å²) in [6.45, 7) is 1.83. The van der Waals surface area contributed by atoms with Crippen LogP contribution in [-0.4, -0.2) is 24.3 Å². The van der Waals surface area contributed by atoms with E-state index in [1.54, 1.807) is 6.07 Å². The lowest BCUT2D eigenvalue weighted by Gasteiger charge is -2.07. The largest absolute Gasteiger partial charge is 0.353 e. The highest BCUT2D eigenvalue weighted by Crippen LogP contribution is 2.34. The van der Waals surface area contributed by atoms with Crippen LogP contribution in [0.25, 0.3) is 0 Å². The zero-order chi connectivity index (χ0) is 14.0. The first-order valence-corrected chi connectivity index (χ1v) is 7.34. The lowest BCUT2D eigenvalue weighted by molar-refractivity contribution is 0.596. The van der Waals surface area contributed by atoms with Gasteiger partial charge < -0.3 is 10.6 Å². The van der Waals surface area contributed by atoms with Crippen LogP contribution in [0.1, 0.15) is 18.5 Å². The Bertz CT molecular complexity index is 569. The molecule has 0 saturated heterocycles. The number of hydrogen-bond donors (Lipinski definition) is 1. The summed E-state index contributed by atoms with van der Waals surface area (Å²) < 4.78 is 14.6. The minimum atomic E-state index is -0.276. The number of hydrogen-bond acceptors (Lipinski definition) is 6. The van der Waals surface area contributed by atoms with Gasteiger partial charge in [-0.15, -0.1) is 10.2 Å². The minimum Gasteiger partial charge on any atom is -0.353 e. The first-order valence-electron chi connectivity index (χ1n) is 5.71. The molecular weight excluding hydrogens is 283 g/mol. The van der Waals surface area contributed by atoms with Crippen molar-refractivity contribution in [3.05, 3.63) is 29.6 Å². The summed E-state index contributed by atoms with van der Waals surface area (Å²) in [5, 5.41) is 8.85. The van der Waals surface area contributed by atoms with E-state index in [0.29, 0.717) is 4.90 Å². The Kier molecular flexibility index (Phi) is 4.38. The quantitative estimate of drug-likeness (QED) is 0.940. The topological polar surface area (TPSA) is 55.0 Å². The Hall–Kier alpha value is -1.18. The second-order valence-electron chi connectivity index (χ2n) is 4.33. The van der Waals surface area contributed by atoms with Crippen LogP contribution in [0.15, 0.2) is 27.4 Å². The molecule has 1 aromatic heterocycles. The highest BCUT2D eigenvalue weighted by molar-refractivity contribution is 8.01. The Morgan fingerprint density at radius 1 is 1.37 bits per heavy atom. The van der Waals surface area contributed by atoms with E-state index in [-0.39, 0.29) is 11.9 Å². The summed E-state index contributed by atoms with van der Waals surface area (Å²) in [6, 6.07) is 4.87. The number of nitrogens with zero attached hydrogens (tertiary/aromatic N) is 3. The average molecular weight is 298 g/mol. The maximum atomic E-state index is 13.9. The van der Waals surface area contributed by atoms with Crippen LogP contribution in [-0.2, 0) is 0 Å². The van der Waals surface area contributed by atoms with Crippen molar-refractivity contribution in [3.8, 4) is 0 Å². The van der Waals surface area contributed by atoms with Crippen LogP contribution in [0.5, 0.6) is 0 Å². The third-order valence-electron chi connectivity index (χ3n) is 2.46. The van der Waals surface area contributed by atoms with Gasteiger partial charge in [-0.05, 0) is 24.6 Å². The zero-order valence-corrected chi connectivity index (χ0v) is 12.6. The molecule has 0 spiro atoms. The number of halogens is 1. The molecule has 2 N–H and O–H groups in total. The molecule has 0 fully saturated rings. The molecule has 1 unspecified atom stereocenters. The van der Waals surface area contributed by atoms with Crippen LogP contribution in [0.3, 0.4) is 0 Å². The van der Waals surface area contributed by atoms with E-state index in [2.05, 4.69) is 10.2 Å². The van der Waals surface area contributed by atoms with Gasteiger partial charge in [-0.1, -0.05) is 29.2 Å². The van der Waals surface area contributed by atoms with Crippen molar-refractivity contribution in [3.63, 3.8) is 0 Å². The molecule has 4 nitrogen and oxygen atoms in total. The van der Waals surface area contributed by atoms with Crippen LogP contribution in [0.2, 0.25) is 0 Å². The number of nitrogens with two attached hydrogens (primary N) is 1. The molecule has 2 aromatic rings. The number of benzene rings is 1. The Balaban J connectivity index is 2.18. The van der Waals surface area contributed by atoms with Crippen molar-refractivity contribution >= 4 is 28.2 Å². The summed E-state index contributed by atoms with van der Waals surface area (Å²) >= 11 is 2.71. The van der Waals surface area contributed by atoms with Gasteiger partial charge in [-0.3, -0.25) is 0 Å². The summed E-state index contributed by atoms with van der Waals surface area (Å²) in [5.41, 5.74) is 6.51. The van der Waals surface area contributed by atoms with E-state index in [4.69, 9.17) is 5.73 Å². The molecule has 0 aliphatic heterocycles. The molecule has 1 atom stereocenters. The minimum absolute atomic E-state index is 0.171. The van der Waals surface area contributed by atoms with Crippen molar-refractivity contribution < 1.29 is 4.39 Å². The Morgan fingerprint density at radius 3 is 2.63 bits per heavy atom. The van der Waals surface area contributed by atoms with E-state index in [0.717, 1.165) is 15.0 Å². The summed E-state index contributed by atoms with van der Waals surface area (Å²) in [5.74, 6) is -0.276. The smallest absolute Gasteiger partial charge is 0.208 e. The molecular formula is C12H15FN4S2. The summed E-state index contributed by atoms with van der Waals surface area (Å²) in [4.78, 5) is 2.41. The standard InChI is InChI=1S/C12H15FN4S2/c1-7(14)8-4-5-10(9(13)6-8)18-12-16-15-11(19-12)17(2)3/h4-7H,14H2,1-3H3. The second kappa shape index (κ2) is 5.85. The zero-order valence-electron chi connectivity index (χ0n) is 10.9. The first kappa shape index (κ1) is 14.2. The Labute approximate surface area is 119 Å². The highest BCUT2D eigenvalue weighted by atomic mass is 32.2. The van der Waals surface area contributed by atoms with Crippen molar-refractivity contribution in [2.75, 3.05) is 19.0 Å². The van der Waals surface area contributed by atoms with Gasteiger partial charge in [0, 0.05) is 20.1 Å². The fourth-order valence-corrected chi connectivity index (χ4v) is 3.13. The summed E-state index contributed by atoms with van der Waals surface area (Å²) in [6.07, 6.45) is 0. The van der Waals surface area contributed by atoms with Crippen LogP contribution in [0.4, 0.5) is 9.52 Å². The molecule has 1 aromatic carbocycles. The lowest BCUT2D eigenvalue weighted by Crippen LogP contribution is -2.07. The average Bonchev–Trinajstić information content (AvgIpc) is 2.80. The van der Waals surface area contributed by atoms with Crippen LogP contribution >= 0.6 is 23.1 Å². The van der Waals surface area contributed by atoms with Gasteiger partial charge in [0.2, 0.25) is 5.13 Å². The predicted molar refractivity (Wildman–Crippen MR) is 77.4 cm³/mol. The maximum Gasteiger partial charge on any atom is 0.208 e. The van der Waals surface area contributed by atoms with Crippen LogP contribution < -0.4 is 10.6 Å². The monoisotopic (exact) mass is 298 g/mol. The molecule has 19 heavy (non-hydrogen) atoms. The van der Waals surface area contributed by atoms with Crippen molar-refractivity contribution in [2.24, 2.45) is 5.73 Å². The molecule has 0 amide bonds. The normalized spacial score (nSPS) is 12.5. The number of anilines is 1. The third-order valence-corrected chi connectivity index (χ3v) is 4.65. The Morgan fingerprint density at radius 2 is 2.11 bits per heavy atom.